The van der Waals surface area contributed by atoms with Crippen LogP contribution in [0.1, 0.15) is 5.56 Å². The summed E-state index contributed by atoms with van der Waals surface area (Å²) in [5, 5.41) is -0.334. The quantitative estimate of drug-likeness (QED) is 0.407. The van der Waals surface area contributed by atoms with E-state index in [0.29, 0.717) is 23.1 Å². The summed E-state index contributed by atoms with van der Waals surface area (Å²) < 4.78 is 53.0. The molecule has 6 nitrogen and oxygen atoms in total. The van der Waals surface area contributed by atoms with Crippen molar-refractivity contribution in [1.29, 1.82) is 0 Å². The molecule has 0 N–H and O–H groups in total. The van der Waals surface area contributed by atoms with Crippen molar-refractivity contribution in [2.24, 2.45) is 0 Å². The first-order valence-electron chi connectivity index (χ1n) is 8.25. The molecular weight excluding hydrogens is 424 g/mol. The maximum Gasteiger partial charge on any atom is 0.217 e. The van der Waals surface area contributed by atoms with Crippen molar-refractivity contribution < 1.29 is 22.8 Å². The zero-order valence-electron chi connectivity index (χ0n) is 15.4. The molecule has 1 heterocycles. The first-order chi connectivity index (χ1) is 13.9. The van der Waals surface area contributed by atoms with E-state index in [4.69, 9.17) is 21.1 Å². The van der Waals surface area contributed by atoms with E-state index >= 15 is 0 Å². The van der Waals surface area contributed by atoms with Crippen LogP contribution in [0, 0.1) is 11.6 Å². The molecule has 29 heavy (non-hydrogen) atoms. The number of ether oxygens (including phenoxy) is 2. The topological polar surface area (TPSA) is 70.5 Å². The minimum Gasteiger partial charge on any atom is -0.588 e. The van der Waals surface area contributed by atoms with Crippen LogP contribution in [0.5, 0.6) is 11.5 Å². The molecule has 10 heteroatoms. The Morgan fingerprint density at radius 2 is 1.90 bits per heavy atom. The number of nitrogens with zero attached hydrogens (tertiary/aromatic N) is 3. The zero-order chi connectivity index (χ0) is 21.0. The molecule has 0 saturated carbocycles. The summed E-state index contributed by atoms with van der Waals surface area (Å²) >= 11 is 3.68. The predicted molar refractivity (Wildman–Crippen MR) is 106 cm³/mol. The van der Waals surface area contributed by atoms with Gasteiger partial charge in [-0.3, -0.25) is 0 Å². The van der Waals surface area contributed by atoms with Crippen LogP contribution in [0.3, 0.4) is 0 Å². The molecule has 0 bridgehead atoms. The van der Waals surface area contributed by atoms with Crippen molar-refractivity contribution >= 4 is 28.8 Å². The van der Waals surface area contributed by atoms with E-state index in [1.54, 1.807) is 18.2 Å². The zero-order valence-corrected chi connectivity index (χ0v) is 17.0. The van der Waals surface area contributed by atoms with Gasteiger partial charge in [0.15, 0.2) is 11.6 Å². The normalized spacial score (nSPS) is 11.8. The van der Waals surface area contributed by atoms with Crippen LogP contribution in [0.4, 0.5) is 14.6 Å². The van der Waals surface area contributed by atoms with Crippen LogP contribution in [-0.4, -0.2) is 28.7 Å². The highest BCUT2D eigenvalue weighted by Gasteiger charge is 2.30. The van der Waals surface area contributed by atoms with Crippen LogP contribution < -0.4 is 13.8 Å². The maximum absolute atomic E-state index is 14.3. The summed E-state index contributed by atoms with van der Waals surface area (Å²) in [5.74, 6) is -0.577. The summed E-state index contributed by atoms with van der Waals surface area (Å²) in [6.07, 6.45) is 2.74. The van der Waals surface area contributed by atoms with Gasteiger partial charge in [-0.15, -0.1) is 0 Å². The predicted octanol–water partition coefficient (Wildman–Crippen LogP) is 4.15. The Hall–Kier alpha value is -2.62. The molecule has 0 aliphatic rings. The number of hydrogen-bond acceptors (Lipinski definition) is 6. The van der Waals surface area contributed by atoms with E-state index in [0.717, 1.165) is 6.07 Å². The third kappa shape index (κ3) is 4.69. The average molecular weight is 440 g/mol. The number of benzene rings is 2. The van der Waals surface area contributed by atoms with Gasteiger partial charge in [-0.05, 0) is 12.1 Å². The molecule has 1 aromatic heterocycles. The Morgan fingerprint density at radius 3 is 2.55 bits per heavy atom. The molecule has 3 rings (SSSR count). The number of anilines is 1. The van der Waals surface area contributed by atoms with Gasteiger partial charge in [0.2, 0.25) is 4.90 Å². The van der Waals surface area contributed by atoms with Gasteiger partial charge in [-0.1, -0.05) is 11.6 Å². The number of hydrogen-bond donors (Lipinski definition) is 0. The number of rotatable bonds is 7. The van der Waals surface area contributed by atoms with Gasteiger partial charge in [0.25, 0.3) is 0 Å². The van der Waals surface area contributed by atoms with Gasteiger partial charge in [0.1, 0.15) is 35.0 Å². The van der Waals surface area contributed by atoms with Crippen LogP contribution in [0.15, 0.2) is 53.8 Å². The van der Waals surface area contributed by atoms with Gasteiger partial charge in [0.05, 0.1) is 25.8 Å². The lowest BCUT2D eigenvalue weighted by Crippen LogP contribution is -2.32. The molecule has 152 valence electrons. The van der Waals surface area contributed by atoms with E-state index in [1.165, 1.54) is 37.1 Å². The Labute approximate surface area is 174 Å². The van der Waals surface area contributed by atoms with Gasteiger partial charge in [-0.2, -0.15) is 4.31 Å². The molecular formula is C19H16ClF2N3O3S. The van der Waals surface area contributed by atoms with E-state index < -0.39 is 23.0 Å². The summed E-state index contributed by atoms with van der Waals surface area (Å²) in [6, 6.07) is 8.25. The summed E-state index contributed by atoms with van der Waals surface area (Å²) in [5.41, 5.74) is 0.647. The lowest BCUT2D eigenvalue weighted by molar-refractivity contribution is 0.391. The molecule has 2 aromatic carbocycles. The van der Waals surface area contributed by atoms with Crippen LogP contribution in [0.25, 0.3) is 0 Å². The highest BCUT2D eigenvalue weighted by atomic mass is 35.5. The Bertz CT molecular complexity index is 998. The molecule has 0 aliphatic heterocycles. The lowest BCUT2D eigenvalue weighted by atomic mass is 10.2. The fraction of sp³-hybridized carbons (Fsp3) is 0.158. The second-order valence-electron chi connectivity index (χ2n) is 5.73. The molecule has 0 spiro atoms. The highest BCUT2D eigenvalue weighted by Crippen LogP contribution is 2.32. The van der Waals surface area contributed by atoms with E-state index in [-0.39, 0.29) is 22.3 Å². The number of halogens is 3. The van der Waals surface area contributed by atoms with E-state index in [1.807, 2.05) is 0 Å². The van der Waals surface area contributed by atoms with Crippen molar-refractivity contribution in [2.45, 2.75) is 11.4 Å². The summed E-state index contributed by atoms with van der Waals surface area (Å²) in [4.78, 5) is 7.68. The van der Waals surface area contributed by atoms with E-state index in [9.17, 15) is 13.3 Å². The van der Waals surface area contributed by atoms with Crippen molar-refractivity contribution in [3.63, 3.8) is 0 Å². The van der Waals surface area contributed by atoms with Gasteiger partial charge in [-0.25, -0.2) is 18.7 Å². The summed E-state index contributed by atoms with van der Waals surface area (Å²) in [6.45, 7) is 0.0469. The minimum atomic E-state index is -2.09. The first kappa shape index (κ1) is 21.1. The third-order valence-electron chi connectivity index (χ3n) is 3.99. The second kappa shape index (κ2) is 9.25. The fourth-order valence-electron chi connectivity index (χ4n) is 2.55. The van der Waals surface area contributed by atoms with Crippen LogP contribution in [0.2, 0.25) is 5.02 Å². The molecule has 3 aromatic rings. The summed E-state index contributed by atoms with van der Waals surface area (Å²) in [7, 11) is 3.02. The molecule has 1 unspecified atom stereocenters. The number of methoxy groups -OCH3 is 2. The van der Waals surface area contributed by atoms with Gasteiger partial charge >= 0.3 is 0 Å². The van der Waals surface area contributed by atoms with Crippen molar-refractivity contribution in [3.8, 4) is 11.5 Å². The van der Waals surface area contributed by atoms with Crippen molar-refractivity contribution in [2.75, 3.05) is 18.5 Å². The smallest absolute Gasteiger partial charge is 0.217 e. The molecule has 0 amide bonds. The maximum atomic E-state index is 14.3. The third-order valence-corrected chi connectivity index (χ3v) is 5.69. The van der Waals surface area contributed by atoms with Crippen LogP contribution in [-0.2, 0) is 17.9 Å². The van der Waals surface area contributed by atoms with Gasteiger partial charge < -0.3 is 14.0 Å². The molecule has 0 radical (unpaired) electrons. The van der Waals surface area contributed by atoms with Gasteiger partial charge in [0, 0.05) is 36.0 Å². The Morgan fingerprint density at radius 1 is 1.10 bits per heavy atom. The molecule has 0 fully saturated rings. The average Bonchev–Trinajstić information content (AvgIpc) is 2.74. The monoisotopic (exact) mass is 439 g/mol. The van der Waals surface area contributed by atoms with E-state index in [2.05, 4.69) is 9.97 Å². The molecule has 1 atom stereocenters. The Balaban J connectivity index is 2.04. The lowest BCUT2D eigenvalue weighted by Gasteiger charge is -2.25. The first-order valence-corrected chi connectivity index (χ1v) is 9.74. The van der Waals surface area contributed by atoms with Crippen molar-refractivity contribution in [1.82, 2.24) is 9.97 Å². The largest absolute Gasteiger partial charge is 0.588 e. The Kier molecular flexibility index (Phi) is 6.73. The second-order valence-corrected chi connectivity index (χ2v) is 7.51. The number of aromatic nitrogens is 2. The molecule has 0 aliphatic carbocycles. The standard InChI is InChI=1S/C19H16ClF2N3O3S/c1-27-13-4-3-12(17(7-13)28-2)10-25(19-5-6-23-11-24-19)29(26)18-8-14(20)15(21)9-16(18)22/h3-9,11H,10H2,1-2H3. The minimum absolute atomic E-state index is 0.0469. The SMILES string of the molecule is COc1ccc(CN(c2ccncn2)[S+]([O-])c2cc(Cl)c(F)cc2F)c(OC)c1. The molecule has 0 saturated heterocycles. The fourth-order valence-corrected chi connectivity index (χ4v) is 3.99. The van der Waals surface area contributed by atoms with Crippen LogP contribution >= 0.6 is 11.6 Å². The van der Waals surface area contributed by atoms with Crippen molar-refractivity contribution in [3.05, 3.63) is 71.1 Å². The highest BCUT2D eigenvalue weighted by molar-refractivity contribution is 7.92.